The number of hydrogen-bond acceptors (Lipinski definition) is 2. The molecule has 1 aliphatic heterocycles. The number of aryl methyl sites for hydroxylation is 1. The first-order valence-electron chi connectivity index (χ1n) is 6.01. The van der Waals surface area contributed by atoms with E-state index in [2.05, 4.69) is 34.8 Å². The molecule has 15 heavy (non-hydrogen) atoms. The maximum atomic E-state index is 4.48. The third-order valence-electron chi connectivity index (χ3n) is 3.26. The van der Waals surface area contributed by atoms with Gasteiger partial charge in [-0.05, 0) is 45.0 Å². The molecule has 0 saturated carbocycles. The van der Waals surface area contributed by atoms with Crippen LogP contribution in [0.15, 0.2) is 12.4 Å². The number of piperidine rings is 1. The standard InChI is InChI=1S/C12H21N3/c1-3-4-11-9-13-15(10-11)12-5-7-14(2)8-6-12/h9-10,12H,3-8H2,1-2H3. The second-order valence-corrected chi connectivity index (χ2v) is 4.61. The molecule has 0 N–H and O–H groups in total. The van der Waals surface area contributed by atoms with Crippen molar-refractivity contribution in [2.24, 2.45) is 0 Å². The van der Waals surface area contributed by atoms with Crippen LogP contribution in [0.4, 0.5) is 0 Å². The first-order valence-corrected chi connectivity index (χ1v) is 6.01. The molecule has 0 spiro atoms. The zero-order chi connectivity index (χ0) is 10.7. The molecule has 2 rings (SSSR count). The van der Waals surface area contributed by atoms with Crippen LogP contribution in [0.25, 0.3) is 0 Å². The van der Waals surface area contributed by atoms with E-state index in [1.807, 2.05) is 6.20 Å². The van der Waals surface area contributed by atoms with Crippen molar-refractivity contribution >= 4 is 0 Å². The fourth-order valence-electron chi connectivity index (χ4n) is 2.25. The van der Waals surface area contributed by atoms with E-state index in [0.29, 0.717) is 6.04 Å². The molecule has 0 atom stereocenters. The zero-order valence-corrected chi connectivity index (χ0v) is 9.82. The van der Waals surface area contributed by atoms with Crippen LogP contribution >= 0.6 is 0 Å². The minimum Gasteiger partial charge on any atom is -0.306 e. The molecule has 1 aromatic heterocycles. The maximum Gasteiger partial charge on any atom is 0.0543 e. The monoisotopic (exact) mass is 207 g/mol. The maximum absolute atomic E-state index is 4.48. The third-order valence-corrected chi connectivity index (χ3v) is 3.26. The number of aromatic nitrogens is 2. The van der Waals surface area contributed by atoms with Gasteiger partial charge in [0.05, 0.1) is 12.2 Å². The van der Waals surface area contributed by atoms with Gasteiger partial charge < -0.3 is 4.90 Å². The average molecular weight is 207 g/mol. The topological polar surface area (TPSA) is 21.1 Å². The molecule has 1 saturated heterocycles. The molecule has 1 fully saturated rings. The molecule has 1 aliphatic rings. The molecule has 0 aromatic carbocycles. The Labute approximate surface area is 92.1 Å². The predicted molar refractivity (Wildman–Crippen MR) is 62.0 cm³/mol. The van der Waals surface area contributed by atoms with Gasteiger partial charge in [-0.2, -0.15) is 5.10 Å². The highest BCUT2D eigenvalue weighted by Gasteiger charge is 2.18. The lowest BCUT2D eigenvalue weighted by Crippen LogP contribution is -2.31. The average Bonchev–Trinajstić information content (AvgIpc) is 2.68. The summed E-state index contributed by atoms with van der Waals surface area (Å²) in [6.07, 6.45) is 9.11. The SMILES string of the molecule is CCCc1cnn(C2CCN(C)CC2)c1. The van der Waals surface area contributed by atoms with Crippen LogP contribution in [0.2, 0.25) is 0 Å². The fraction of sp³-hybridized carbons (Fsp3) is 0.750. The molecule has 0 unspecified atom stereocenters. The molecule has 2 heterocycles. The van der Waals surface area contributed by atoms with Crippen molar-refractivity contribution in [1.82, 2.24) is 14.7 Å². The molecule has 0 bridgehead atoms. The summed E-state index contributed by atoms with van der Waals surface area (Å²) < 4.78 is 2.18. The van der Waals surface area contributed by atoms with Crippen LogP contribution in [0.1, 0.15) is 37.8 Å². The first kappa shape index (κ1) is 10.7. The Balaban J connectivity index is 1.96. The van der Waals surface area contributed by atoms with Crippen molar-refractivity contribution in [1.29, 1.82) is 0 Å². The van der Waals surface area contributed by atoms with E-state index < -0.39 is 0 Å². The zero-order valence-electron chi connectivity index (χ0n) is 9.82. The fourth-order valence-corrected chi connectivity index (χ4v) is 2.25. The highest BCUT2D eigenvalue weighted by atomic mass is 15.3. The molecular weight excluding hydrogens is 186 g/mol. The van der Waals surface area contributed by atoms with Crippen molar-refractivity contribution < 1.29 is 0 Å². The minimum absolute atomic E-state index is 0.631. The molecular formula is C12H21N3. The van der Waals surface area contributed by atoms with E-state index in [9.17, 15) is 0 Å². The summed E-state index contributed by atoms with van der Waals surface area (Å²) in [5.74, 6) is 0. The Morgan fingerprint density at radius 3 is 2.80 bits per heavy atom. The molecule has 3 heteroatoms. The van der Waals surface area contributed by atoms with Gasteiger partial charge in [0.1, 0.15) is 0 Å². The lowest BCUT2D eigenvalue weighted by molar-refractivity contribution is 0.212. The van der Waals surface area contributed by atoms with Crippen molar-refractivity contribution in [3.05, 3.63) is 18.0 Å². The predicted octanol–water partition coefficient (Wildman–Crippen LogP) is 2.10. The third kappa shape index (κ3) is 2.59. The molecule has 1 aromatic rings. The Hall–Kier alpha value is -0.830. The molecule has 0 aliphatic carbocycles. The van der Waals surface area contributed by atoms with Gasteiger partial charge in [-0.15, -0.1) is 0 Å². The van der Waals surface area contributed by atoms with Gasteiger partial charge in [0.25, 0.3) is 0 Å². The smallest absolute Gasteiger partial charge is 0.0543 e. The Morgan fingerprint density at radius 2 is 2.13 bits per heavy atom. The van der Waals surface area contributed by atoms with E-state index in [4.69, 9.17) is 0 Å². The van der Waals surface area contributed by atoms with Crippen LogP contribution < -0.4 is 0 Å². The van der Waals surface area contributed by atoms with Crippen molar-refractivity contribution in [3.63, 3.8) is 0 Å². The van der Waals surface area contributed by atoms with Gasteiger partial charge in [0.2, 0.25) is 0 Å². The molecule has 3 nitrogen and oxygen atoms in total. The highest BCUT2D eigenvalue weighted by molar-refractivity contribution is 5.04. The first-order chi connectivity index (χ1) is 7.29. The van der Waals surface area contributed by atoms with Gasteiger partial charge in [-0.25, -0.2) is 0 Å². The van der Waals surface area contributed by atoms with Crippen molar-refractivity contribution in [2.45, 2.75) is 38.6 Å². The Morgan fingerprint density at radius 1 is 1.40 bits per heavy atom. The van der Waals surface area contributed by atoms with Gasteiger partial charge in [-0.1, -0.05) is 13.3 Å². The van der Waals surface area contributed by atoms with E-state index >= 15 is 0 Å². The molecule has 0 amide bonds. The second-order valence-electron chi connectivity index (χ2n) is 4.61. The summed E-state index contributed by atoms with van der Waals surface area (Å²) in [5.41, 5.74) is 1.39. The summed E-state index contributed by atoms with van der Waals surface area (Å²) in [6.45, 7) is 4.62. The Bertz CT molecular complexity index is 298. The Kier molecular flexibility index (Phi) is 3.41. The van der Waals surface area contributed by atoms with E-state index in [-0.39, 0.29) is 0 Å². The lowest BCUT2D eigenvalue weighted by Gasteiger charge is -2.28. The van der Waals surface area contributed by atoms with Gasteiger partial charge in [0.15, 0.2) is 0 Å². The van der Waals surface area contributed by atoms with Crippen LogP contribution in [0.3, 0.4) is 0 Å². The number of rotatable bonds is 3. The van der Waals surface area contributed by atoms with Crippen molar-refractivity contribution in [2.75, 3.05) is 20.1 Å². The largest absolute Gasteiger partial charge is 0.306 e. The molecule has 84 valence electrons. The van der Waals surface area contributed by atoms with Crippen LogP contribution in [-0.2, 0) is 6.42 Å². The number of hydrogen-bond donors (Lipinski definition) is 0. The minimum atomic E-state index is 0.631. The van der Waals surface area contributed by atoms with Crippen molar-refractivity contribution in [3.8, 4) is 0 Å². The summed E-state index contributed by atoms with van der Waals surface area (Å²) in [4.78, 5) is 2.40. The highest BCUT2D eigenvalue weighted by Crippen LogP contribution is 2.21. The quantitative estimate of drug-likeness (QED) is 0.757. The van der Waals surface area contributed by atoms with Crippen LogP contribution in [0, 0.1) is 0 Å². The summed E-state index contributed by atoms with van der Waals surface area (Å²) in [7, 11) is 2.20. The normalized spacial score (nSPS) is 19.6. The van der Waals surface area contributed by atoms with Crippen LogP contribution in [-0.4, -0.2) is 34.8 Å². The number of likely N-dealkylation sites (tertiary alicyclic amines) is 1. The van der Waals surface area contributed by atoms with Gasteiger partial charge in [0, 0.05) is 6.20 Å². The summed E-state index contributed by atoms with van der Waals surface area (Å²) >= 11 is 0. The van der Waals surface area contributed by atoms with Crippen LogP contribution in [0.5, 0.6) is 0 Å². The van der Waals surface area contributed by atoms with Gasteiger partial charge >= 0.3 is 0 Å². The van der Waals surface area contributed by atoms with E-state index in [1.54, 1.807) is 0 Å². The van der Waals surface area contributed by atoms with E-state index in [1.165, 1.54) is 37.9 Å². The second kappa shape index (κ2) is 4.79. The van der Waals surface area contributed by atoms with Gasteiger partial charge in [-0.3, -0.25) is 4.68 Å². The van der Waals surface area contributed by atoms with E-state index in [0.717, 1.165) is 6.42 Å². The lowest BCUT2D eigenvalue weighted by atomic mass is 10.1. The number of nitrogens with zero attached hydrogens (tertiary/aromatic N) is 3. The molecule has 0 radical (unpaired) electrons. The summed E-state index contributed by atoms with van der Waals surface area (Å²) in [6, 6.07) is 0.631. The summed E-state index contributed by atoms with van der Waals surface area (Å²) in [5, 5.41) is 4.48.